The summed E-state index contributed by atoms with van der Waals surface area (Å²) in [6.45, 7) is 1.22. The average molecular weight is 359 g/mol. The molecule has 0 aromatic heterocycles. The topological polar surface area (TPSA) is 106 Å². The minimum Gasteiger partial charge on any atom is -0.497 e. The van der Waals surface area contributed by atoms with Crippen LogP contribution in [0.15, 0.2) is 29.4 Å². The highest BCUT2D eigenvalue weighted by atomic mass is 16.5. The van der Waals surface area contributed by atoms with Crippen molar-refractivity contribution in [3.63, 3.8) is 0 Å². The van der Waals surface area contributed by atoms with Crippen molar-refractivity contribution in [3.05, 3.63) is 24.3 Å². The number of amides is 3. The van der Waals surface area contributed by atoms with E-state index in [9.17, 15) is 19.2 Å². The number of ether oxygens (including phenoxy) is 2. The molecule has 26 heavy (non-hydrogen) atoms. The fourth-order valence-corrected chi connectivity index (χ4v) is 3.25. The lowest BCUT2D eigenvalue weighted by molar-refractivity contribution is -0.141. The molecule has 0 aliphatic carbocycles. The molecule has 2 heterocycles. The van der Waals surface area contributed by atoms with Crippen molar-refractivity contribution >= 4 is 35.1 Å². The van der Waals surface area contributed by atoms with Crippen LogP contribution in [0.2, 0.25) is 0 Å². The zero-order valence-electron chi connectivity index (χ0n) is 14.5. The number of hydrogen-bond acceptors (Lipinski definition) is 7. The molecule has 1 spiro atoms. The number of carbonyl (C=O) groups excluding carboxylic acids is 4. The number of rotatable bonds is 3. The lowest BCUT2D eigenvalue weighted by Crippen LogP contribution is -2.51. The Morgan fingerprint density at radius 1 is 1.19 bits per heavy atom. The van der Waals surface area contributed by atoms with Crippen molar-refractivity contribution in [2.24, 2.45) is 5.10 Å². The Balaban J connectivity index is 2.01. The molecule has 0 saturated carbocycles. The maximum atomic E-state index is 13.2. The highest BCUT2D eigenvalue weighted by molar-refractivity contribution is 6.39. The normalized spacial score (nSPS) is 22.0. The lowest BCUT2D eigenvalue weighted by atomic mass is 9.91. The van der Waals surface area contributed by atoms with Gasteiger partial charge in [0, 0.05) is 19.4 Å². The largest absolute Gasteiger partial charge is 0.497 e. The summed E-state index contributed by atoms with van der Waals surface area (Å²) >= 11 is 0. The van der Waals surface area contributed by atoms with Gasteiger partial charge in [0.25, 0.3) is 5.91 Å². The van der Waals surface area contributed by atoms with Gasteiger partial charge in [-0.05, 0) is 12.1 Å². The average Bonchev–Trinajstić information content (AvgIpc) is 3.13. The van der Waals surface area contributed by atoms with E-state index in [1.807, 2.05) is 0 Å². The van der Waals surface area contributed by atoms with Crippen LogP contribution in [0.25, 0.3) is 0 Å². The van der Waals surface area contributed by atoms with E-state index in [1.165, 1.54) is 21.1 Å². The monoisotopic (exact) mass is 359 g/mol. The van der Waals surface area contributed by atoms with Crippen molar-refractivity contribution < 1.29 is 28.7 Å². The molecule has 1 atom stereocenters. The first kappa shape index (κ1) is 17.6. The second kappa shape index (κ2) is 6.25. The van der Waals surface area contributed by atoms with E-state index in [1.54, 1.807) is 24.3 Å². The summed E-state index contributed by atoms with van der Waals surface area (Å²) in [5, 5.41) is 4.86. The van der Waals surface area contributed by atoms with E-state index in [-0.39, 0.29) is 18.6 Å². The third-order valence-corrected chi connectivity index (χ3v) is 4.41. The minimum absolute atomic E-state index is 0.0728. The van der Waals surface area contributed by atoms with Gasteiger partial charge in [-0.3, -0.25) is 14.4 Å². The summed E-state index contributed by atoms with van der Waals surface area (Å²) in [6.07, 6.45) is -0.448. The van der Waals surface area contributed by atoms with Crippen molar-refractivity contribution in [1.29, 1.82) is 0 Å². The van der Waals surface area contributed by atoms with Crippen LogP contribution in [0.3, 0.4) is 0 Å². The van der Waals surface area contributed by atoms with E-state index in [2.05, 4.69) is 9.84 Å². The highest BCUT2D eigenvalue weighted by Crippen LogP contribution is 2.41. The second-order valence-electron chi connectivity index (χ2n) is 5.99. The van der Waals surface area contributed by atoms with Crippen molar-refractivity contribution in [3.8, 4) is 5.75 Å². The van der Waals surface area contributed by atoms with Gasteiger partial charge < -0.3 is 9.47 Å². The summed E-state index contributed by atoms with van der Waals surface area (Å²) in [6, 6.07) is 6.46. The minimum atomic E-state index is -1.55. The van der Waals surface area contributed by atoms with Gasteiger partial charge in [0.05, 0.1) is 26.3 Å². The van der Waals surface area contributed by atoms with Crippen LogP contribution in [0.5, 0.6) is 5.75 Å². The van der Waals surface area contributed by atoms with Gasteiger partial charge >= 0.3 is 5.97 Å². The summed E-state index contributed by atoms with van der Waals surface area (Å²) < 4.78 is 9.76. The first-order chi connectivity index (χ1) is 12.3. The predicted molar refractivity (Wildman–Crippen MR) is 89.4 cm³/mol. The summed E-state index contributed by atoms with van der Waals surface area (Å²) in [5.74, 6) is -1.92. The smallest absolute Gasteiger partial charge is 0.354 e. The summed E-state index contributed by atoms with van der Waals surface area (Å²) in [4.78, 5) is 50.6. The molecule has 1 aromatic rings. The zero-order valence-corrected chi connectivity index (χ0v) is 14.5. The molecule has 0 radical (unpaired) electrons. The number of carbonyl (C=O) groups is 4. The molecule has 0 unspecified atom stereocenters. The van der Waals surface area contributed by atoms with Gasteiger partial charge in [-0.15, -0.1) is 0 Å². The van der Waals surface area contributed by atoms with Crippen molar-refractivity contribution in [2.75, 3.05) is 19.1 Å². The van der Waals surface area contributed by atoms with Gasteiger partial charge in [0.2, 0.25) is 11.8 Å². The van der Waals surface area contributed by atoms with Crippen LogP contribution < -0.4 is 9.64 Å². The Bertz CT molecular complexity index is 849. The molecule has 3 rings (SSSR count). The number of imide groups is 1. The van der Waals surface area contributed by atoms with Crippen LogP contribution in [0, 0.1) is 0 Å². The molecule has 0 N–H and O–H groups in total. The molecular weight excluding hydrogens is 342 g/mol. The van der Waals surface area contributed by atoms with Crippen molar-refractivity contribution in [1.82, 2.24) is 5.01 Å². The number of anilines is 1. The van der Waals surface area contributed by atoms with Crippen LogP contribution in [0.4, 0.5) is 5.69 Å². The Kier molecular flexibility index (Phi) is 4.23. The quantitative estimate of drug-likeness (QED) is 0.574. The number of benzene rings is 1. The van der Waals surface area contributed by atoms with Crippen LogP contribution in [-0.2, 0) is 23.9 Å². The van der Waals surface area contributed by atoms with Gasteiger partial charge in [0.1, 0.15) is 11.5 Å². The highest BCUT2D eigenvalue weighted by Gasteiger charge is 2.61. The molecule has 1 fully saturated rings. The Morgan fingerprint density at radius 3 is 2.54 bits per heavy atom. The standard InChI is InChI=1S/C17H17N3O6/c1-10(21)20-17(8-13(18-20)15(23)26-3)9-14(22)19(16(17)24)11-5-4-6-12(7-11)25-2/h4-7H,8-9H2,1-3H3/t17-/m0/s1. The van der Waals surface area contributed by atoms with Crippen LogP contribution in [-0.4, -0.2) is 54.2 Å². The molecule has 9 nitrogen and oxygen atoms in total. The zero-order chi connectivity index (χ0) is 19.1. The van der Waals surface area contributed by atoms with Crippen LogP contribution in [0.1, 0.15) is 19.8 Å². The molecule has 9 heteroatoms. The van der Waals surface area contributed by atoms with E-state index in [4.69, 9.17) is 4.74 Å². The molecular formula is C17H17N3O6. The van der Waals surface area contributed by atoms with Gasteiger partial charge in [-0.25, -0.2) is 14.7 Å². The first-order valence-corrected chi connectivity index (χ1v) is 7.82. The maximum absolute atomic E-state index is 13.2. The summed E-state index contributed by atoms with van der Waals surface area (Å²) in [5.41, 5.74) is -1.29. The Morgan fingerprint density at radius 2 is 1.92 bits per heavy atom. The van der Waals surface area contributed by atoms with Crippen LogP contribution >= 0.6 is 0 Å². The van der Waals surface area contributed by atoms with E-state index < -0.39 is 29.2 Å². The number of nitrogens with zero attached hydrogens (tertiary/aromatic N) is 3. The summed E-state index contributed by atoms with van der Waals surface area (Å²) in [7, 11) is 2.65. The maximum Gasteiger partial charge on any atom is 0.354 e. The van der Waals surface area contributed by atoms with E-state index >= 15 is 0 Å². The number of methoxy groups -OCH3 is 2. The Labute approximate surface area is 149 Å². The molecule has 2 aliphatic heterocycles. The molecule has 2 aliphatic rings. The second-order valence-corrected chi connectivity index (χ2v) is 5.99. The number of hydrogen-bond donors (Lipinski definition) is 0. The third-order valence-electron chi connectivity index (χ3n) is 4.41. The van der Waals surface area contributed by atoms with Gasteiger partial charge in [-0.1, -0.05) is 6.07 Å². The number of hydrazone groups is 1. The SMILES string of the molecule is COC(=O)C1=NN(C(C)=O)[C@]2(CC(=O)N(c3cccc(OC)c3)C2=O)C1. The molecule has 1 aromatic carbocycles. The fraction of sp³-hybridized carbons (Fsp3) is 0.353. The molecule has 1 saturated heterocycles. The van der Waals surface area contributed by atoms with E-state index in [0.29, 0.717) is 11.4 Å². The van der Waals surface area contributed by atoms with Gasteiger partial charge in [-0.2, -0.15) is 5.10 Å². The van der Waals surface area contributed by atoms with E-state index in [0.717, 1.165) is 9.91 Å². The molecule has 136 valence electrons. The molecule has 3 amide bonds. The fourth-order valence-electron chi connectivity index (χ4n) is 3.25. The third kappa shape index (κ3) is 2.52. The number of esters is 1. The first-order valence-electron chi connectivity index (χ1n) is 7.82. The van der Waals surface area contributed by atoms with Gasteiger partial charge in [0.15, 0.2) is 5.54 Å². The lowest BCUT2D eigenvalue weighted by Gasteiger charge is -2.28. The Hall–Kier alpha value is -3.23. The molecule has 0 bridgehead atoms. The predicted octanol–water partition coefficient (Wildman–Crippen LogP) is 0.478. The van der Waals surface area contributed by atoms with Crippen molar-refractivity contribution in [2.45, 2.75) is 25.3 Å².